The number of pyridine rings is 1. The third kappa shape index (κ3) is 2.05. The minimum atomic E-state index is 0.191. The van der Waals surface area contributed by atoms with E-state index in [1.807, 2.05) is 12.4 Å². The van der Waals surface area contributed by atoms with Crippen LogP contribution in [-0.2, 0) is 5.41 Å². The van der Waals surface area contributed by atoms with Crippen LogP contribution in [0.25, 0.3) is 10.8 Å². The molecule has 0 saturated carbocycles. The molecule has 0 spiro atoms. The maximum absolute atomic E-state index is 4.16. The summed E-state index contributed by atoms with van der Waals surface area (Å²) in [5, 5.41) is 2.41. The quantitative estimate of drug-likeness (QED) is 0.691. The first-order chi connectivity index (χ1) is 6.98. The lowest BCUT2D eigenvalue weighted by molar-refractivity contribution is 0.591. The Morgan fingerprint density at radius 3 is 2.53 bits per heavy atom. The van der Waals surface area contributed by atoms with Gasteiger partial charge < -0.3 is 0 Å². The third-order valence-electron chi connectivity index (χ3n) is 2.58. The Morgan fingerprint density at radius 1 is 1.13 bits per heavy atom. The van der Waals surface area contributed by atoms with Crippen LogP contribution in [0.4, 0.5) is 0 Å². The Labute approximate surface area is 98.7 Å². The zero-order valence-electron chi connectivity index (χ0n) is 9.21. The van der Waals surface area contributed by atoms with Crippen molar-refractivity contribution in [3.63, 3.8) is 0 Å². The van der Waals surface area contributed by atoms with E-state index in [4.69, 9.17) is 0 Å². The summed E-state index contributed by atoms with van der Waals surface area (Å²) in [6.07, 6.45) is 3.74. The van der Waals surface area contributed by atoms with Gasteiger partial charge in [-0.15, -0.1) is 0 Å². The summed E-state index contributed by atoms with van der Waals surface area (Å²) in [6.45, 7) is 6.68. The number of benzene rings is 1. The molecular weight excluding hydrogens is 250 g/mol. The van der Waals surface area contributed by atoms with Gasteiger partial charge in [-0.05, 0) is 38.4 Å². The van der Waals surface area contributed by atoms with E-state index < -0.39 is 0 Å². The van der Waals surface area contributed by atoms with Gasteiger partial charge in [0.2, 0.25) is 0 Å². The summed E-state index contributed by atoms with van der Waals surface area (Å²) in [6, 6.07) is 6.55. The molecule has 0 amide bonds. The van der Waals surface area contributed by atoms with Crippen LogP contribution in [-0.4, -0.2) is 4.98 Å². The minimum absolute atomic E-state index is 0.191. The molecular formula is C13H14BrN. The second kappa shape index (κ2) is 3.60. The van der Waals surface area contributed by atoms with E-state index >= 15 is 0 Å². The fourth-order valence-corrected chi connectivity index (χ4v) is 2.06. The van der Waals surface area contributed by atoms with Gasteiger partial charge in [0, 0.05) is 22.3 Å². The monoisotopic (exact) mass is 263 g/mol. The summed E-state index contributed by atoms with van der Waals surface area (Å²) < 4.78 is 1.06. The molecule has 0 aliphatic carbocycles. The zero-order chi connectivity index (χ0) is 11.1. The molecule has 0 bridgehead atoms. The van der Waals surface area contributed by atoms with Crippen LogP contribution in [0.15, 0.2) is 35.1 Å². The molecule has 0 unspecified atom stereocenters. The Morgan fingerprint density at radius 2 is 1.87 bits per heavy atom. The Kier molecular flexibility index (Phi) is 2.55. The molecule has 1 heterocycles. The smallest absolute Gasteiger partial charge is 0.0437 e. The van der Waals surface area contributed by atoms with E-state index in [2.05, 4.69) is 59.9 Å². The van der Waals surface area contributed by atoms with Gasteiger partial charge in [-0.1, -0.05) is 32.9 Å². The molecule has 1 aromatic heterocycles. The van der Waals surface area contributed by atoms with Crippen LogP contribution >= 0.6 is 15.9 Å². The first kappa shape index (κ1) is 10.6. The molecule has 0 aliphatic heterocycles. The fraction of sp³-hybridized carbons (Fsp3) is 0.308. The third-order valence-corrected chi connectivity index (χ3v) is 3.21. The molecule has 1 aromatic carbocycles. The van der Waals surface area contributed by atoms with Crippen molar-refractivity contribution in [3.05, 3.63) is 40.6 Å². The predicted molar refractivity (Wildman–Crippen MR) is 68.1 cm³/mol. The molecule has 1 nitrogen and oxygen atoms in total. The number of hydrogen-bond acceptors (Lipinski definition) is 1. The summed E-state index contributed by atoms with van der Waals surface area (Å²) in [4.78, 5) is 4.16. The lowest BCUT2D eigenvalue weighted by atomic mass is 9.86. The van der Waals surface area contributed by atoms with Crippen LogP contribution in [0.5, 0.6) is 0 Å². The summed E-state index contributed by atoms with van der Waals surface area (Å²) >= 11 is 3.54. The predicted octanol–water partition coefficient (Wildman–Crippen LogP) is 4.29. The largest absolute Gasteiger partial charge is 0.263 e. The average Bonchev–Trinajstić information content (AvgIpc) is 2.16. The maximum atomic E-state index is 4.16. The SMILES string of the molecule is CC(C)(C)c1ccc2cncc(Br)c2c1. The molecule has 2 aromatic rings. The van der Waals surface area contributed by atoms with Crippen molar-refractivity contribution in [2.45, 2.75) is 26.2 Å². The van der Waals surface area contributed by atoms with Crippen molar-refractivity contribution in [3.8, 4) is 0 Å². The molecule has 78 valence electrons. The number of halogens is 1. The molecule has 0 radical (unpaired) electrons. The Bertz CT molecular complexity index is 497. The van der Waals surface area contributed by atoms with Gasteiger partial charge in [0.1, 0.15) is 0 Å². The second-order valence-corrected chi connectivity index (χ2v) is 5.66. The molecule has 2 rings (SSSR count). The van der Waals surface area contributed by atoms with Crippen LogP contribution < -0.4 is 0 Å². The van der Waals surface area contributed by atoms with E-state index in [0.717, 1.165) is 4.47 Å². The number of aromatic nitrogens is 1. The number of fused-ring (bicyclic) bond motifs is 1. The highest BCUT2D eigenvalue weighted by atomic mass is 79.9. The number of rotatable bonds is 0. The zero-order valence-corrected chi connectivity index (χ0v) is 10.8. The van der Waals surface area contributed by atoms with E-state index in [-0.39, 0.29) is 5.41 Å². The van der Waals surface area contributed by atoms with Crippen molar-refractivity contribution < 1.29 is 0 Å². The first-order valence-electron chi connectivity index (χ1n) is 5.02. The highest BCUT2D eigenvalue weighted by Gasteiger charge is 2.14. The topological polar surface area (TPSA) is 12.9 Å². The van der Waals surface area contributed by atoms with E-state index in [1.54, 1.807) is 0 Å². The standard InChI is InChI=1S/C13H14BrN/c1-13(2,3)10-5-4-9-7-15-8-12(14)11(9)6-10/h4-8H,1-3H3. The van der Waals surface area contributed by atoms with Crippen LogP contribution in [0, 0.1) is 0 Å². The van der Waals surface area contributed by atoms with Gasteiger partial charge in [0.05, 0.1) is 0 Å². The Balaban J connectivity index is 2.70. The normalized spacial score (nSPS) is 12.0. The van der Waals surface area contributed by atoms with Gasteiger partial charge in [0.25, 0.3) is 0 Å². The fourth-order valence-electron chi connectivity index (χ4n) is 1.59. The summed E-state index contributed by atoms with van der Waals surface area (Å²) in [5.74, 6) is 0. The molecule has 0 fully saturated rings. The van der Waals surface area contributed by atoms with Crippen LogP contribution in [0.2, 0.25) is 0 Å². The van der Waals surface area contributed by atoms with E-state index in [1.165, 1.54) is 16.3 Å². The van der Waals surface area contributed by atoms with Gasteiger partial charge in [0.15, 0.2) is 0 Å². The highest BCUT2D eigenvalue weighted by Crippen LogP contribution is 2.29. The highest BCUT2D eigenvalue weighted by molar-refractivity contribution is 9.10. The van der Waals surface area contributed by atoms with Gasteiger partial charge in [-0.25, -0.2) is 0 Å². The first-order valence-corrected chi connectivity index (χ1v) is 5.81. The molecule has 0 atom stereocenters. The van der Waals surface area contributed by atoms with Crippen molar-refractivity contribution in [2.75, 3.05) is 0 Å². The van der Waals surface area contributed by atoms with Crippen LogP contribution in [0.3, 0.4) is 0 Å². The van der Waals surface area contributed by atoms with E-state index in [0.29, 0.717) is 0 Å². The number of hydrogen-bond donors (Lipinski definition) is 0. The van der Waals surface area contributed by atoms with Crippen LogP contribution in [0.1, 0.15) is 26.3 Å². The lowest BCUT2D eigenvalue weighted by Gasteiger charge is -2.19. The second-order valence-electron chi connectivity index (χ2n) is 4.81. The summed E-state index contributed by atoms with van der Waals surface area (Å²) in [5.41, 5.74) is 1.54. The summed E-state index contributed by atoms with van der Waals surface area (Å²) in [7, 11) is 0. The van der Waals surface area contributed by atoms with Crippen molar-refractivity contribution in [1.29, 1.82) is 0 Å². The van der Waals surface area contributed by atoms with Gasteiger partial charge >= 0.3 is 0 Å². The number of nitrogens with zero attached hydrogens (tertiary/aromatic N) is 1. The molecule has 0 aliphatic rings. The Hall–Kier alpha value is -0.890. The van der Waals surface area contributed by atoms with Gasteiger partial charge in [-0.2, -0.15) is 0 Å². The van der Waals surface area contributed by atoms with E-state index in [9.17, 15) is 0 Å². The van der Waals surface area contributed by atoms with Crippen molar-refractivity contribution in [2.24, 2.45) is 0 Å². The molecule has 0 saturated heterocycles. The van der Waals surface area contributed by atoms with Crippen molar-refractivity contribution >= 4 is 26.7 Å². The maximum Gasteiger partial charge on any atom is 0.0437 e. The minimum Gasteiger partial charge on any atom is -0.263 e. The molecule has 2 heteroatoms. The lowest BCUT2D eigenvalue weighted by Crippen LogP contribution is -2.10. The molecule has 15 heavy (non-hydrogen) atoms. The molecule has 0 N–H and O–H groups in total. The van der Waals surface area contributed by atoms with Gasteiger partial charge in [-0.3, -0.25) is 4.98 Å². The van der Waals surface area contributed by atoms with Crippen molar-refractivity contribution in [1.82, 2.24) is 4.98 Å². The average molecular weight is 264 g/mol.